The normalized spacial score (nSPS) is 10.3. The first-order valence-electron chi connectivity index (χ1n) is 10.9. The maximum Gasteiger partial charge on any atom is 0.0462 e. The maximum atomic E-state index is 5.19. The van der Waals surface area contributed by atoms with Crippen molar-refractivity contribution in [2.45, 2.75) is 13.8 Å². The van der Waals surface area contributed by atoms with E-state index in [0.29, 0.717) is 0 Å². The molecular weight excluding hydrogens is 398 g/mol. The van der Waals surface area contributed by atoms with Gasteiger partial charge in [-0.05, 0) is 85.3 Å². The topological polar surface area (TPSA) is 3.24 Å². The van der Waals surface area contributed by atoms with Gasteiger partial charge in [-0.15, -0.1) is 6.42 Å². The van der Waals surface area contributed by atoms with E-state index in [0.717, 1.165) is 33.8 Å². The molecular formula is C32H29N. The smallest absolute Gasteiger partial charge is 0.0462 e. The van der Waals surface area contributed by atoms with Gasteiger partial charge in [0, 0.05) is 25.5 Å². The predicted molar refractivity (Wildman–Crippen MR) is 146 cm³/mol. The molecule has 0 saturated carbocycles. The fourth-order valence-electron chi connectivity index (χ4n) is 3.55. The standard InChI is InChI=1S/C32H25N.2H2/c1-4-5-6-27-11-13-28(14-12-27)15-16-29-17-23-32(24-18-29)33(30-19-7-25(2)8-20-30)31-21-9-26(3)10-22-31;;/h1,7-24H,2-3H3;2*1H/b16-15+;;. The molecule has 0 N–H and O–H groups in total. The molecule has 0 amide bonds. The van der Waals surface area contributed by atoms with Gasteiger partial charge in [0.15, 0.2) is 0 Å². The Kier molecular flexibility index (Phi) is 6.75. The third-order valence-electron chi connectivity index (χ3n) is 5.39. The largest absolute Gasteiger partial charge is 0.311 e. The Morgan fingerprint density at radius 2 is 1.00 bits per heavy atom. The molecule has 1 nitrogen and oxygen atoms in total. The van der Waals surface area contributed by atoms with Crippen molar-refractivity contribution < 1.29 is 2.85 Å². The van der Waals surface area contributed by atoms with Gasteiger partial charge in [-0.3, -0.25) is 0 Å². The summed E-state index contributed by atoms with van der Waals surface area (Å²) in [6.45, 7) is 4.22. The predicted octanol–water partition coefficient (Wildman–Crippen LogP) is 8.42. The van der Waals surface area contributed by atoms with Crippen LogP contribution in [0.1, 0.15) is 30.7 Å². The van der Waals surface area contributed by atoms with E-state index in [1.54, 1.807) is 0 Å². The zero-order valence-corrected chi connectivity index (χ0v) is 18.9. The molecule has 0 unspecified atom stereocenters. The van der Waals surface area contributed by atoms with Gasteiger partial charge in [0.25, 0.3) is 0 Å². The van der Waals surface area contributed by atoms with E-state index in [2.05, 4.69) is 121 Å². The van der Waals surface area contributed by atoms with Crippen molar-refractivity contribution in [3.63, 3.8) is 0 Å². The molecule has 162 valence electrons. The number of nitrogens with zero attached hydrogens (tertiary/aromatic N) is 1. The van der Waals surface area contributed by atoms with Crippen LogP contribution < -0.4 is 4.90 Å². The summed E-state index contributed by atoms with van der Waals surface area (Å²) in [6.07, 6.45) is 9.41. The maximum absolute atomic E-state index is 5.19. The molecule has 0 aliphatic carbocycles. The van der Waals surface area contributed by atoms with Crippen LogP contribution in [-0.4, -0.2) is 0 Å². The lowest BCUT2D eigenvalue weighted by atomic mass is 10.1. The first-order valence-corrected chi connectivity index (χ1v) is 10.9. The van der Waals surface area contributed by atoms with Crippen LogP contribution in [0.5, 0.6) is 0 Å². The molecule has 0 heterocycles. The minimum absolute atomic E-state index is 0. The lowest BCUT2D eigenvalue weighted by molar-refractivity contribution is 1.27. The van der Waals surface area contributed by atoms with Crippen molar-refractivity contribution in [1.82, 2.24) is 0 Å². The lowest BCUT2D eigenvalue weighted by Crippen LogP contribution is -2.09. The summed E-state index contributed by atoms with van der Waals surface area (Å²) in [5, 5.41) is 0. The van der Waals surface area contributed by atoms with E-state index in [1.165, 1.54) is 11.1 Å². The van der Waals surface area contributed by atoms with Crippen molar-refractivity contribution in [2.75, 3.05) is 4.90 Å². The van der Waals surface area contributed by atoms with E-state index in [-0.39, 0.29) is 2.85 Å². The number of benzene rings is 4. The first-order chi connectivity index (χ1) is 16.1. The monoisotopic (exact) mass is 427 g/mol. The second-order valence-electron chi connectivity index (χ2n) is 7.95. The van der Waals surface area contributed by atoms with Crippen LogP contribution in [0.3, 0.4) is 0 Å². The third-order valence-corrected chi connectivity index (χ3v) is 5.39. The number of aryl methyl sites for hydroxylation is 2. The van der Waals surface area contributed by atoms with Crippen LogP contribution in [0.15, 0.2) is 97.1 Å². The third kappa shape index (κ3) is 5.62. The molecule has 0 radical (unpaired) electrons. The van der Waals surface area contributed by atoms with Gasteiger partial charge in [-0.1, -0.05) is 77.7 Å². The van der Waals surface area contributed by atoms with Crippen LogP contribution >= 0.6 is 0 Å². The summed E-state index contributed by atoms with van der Waals surface area (Å²) in [5.41, 5.74) is 9.08. The number of anilines is 3. The van der Waals surface area contributed by atoms with Crippen LogP contribution in [0, 0.1) is 38.0 Å². The van der Waals surface area contributed by atoms with Crippen molar-refractivity contribution in [3.8, 4) is 24.2 Å². The highest BCUT2D eigenvalue weighted by atomic mass is 15.1. The van der Waals surface area contributed by atoms with E-state index in [4.69, 9.17) is 6.42 Å². The average molecular weight is 428 g/mol. The van der Waals surface area contributed by atoms with Crippen LogP contribution in [0.2, 0.25) is 0 Å². The van der Waals surface area contributed by atoms with E-state index in [9.17, 15) is 0 Å². The number of terminal acetylenes is 1. The Bertz CT molecular complexity index is 1300. The number of hydrogen-bond donors (Lipinski definition) is 0. The van der Waals surface area contributed by atoms with Gasteiger partial charge in [0.1, 0.15) is 0 Å². The van der Waals surface area contributed by atoms with E-state index < -0.39 is 0 Å². The molecule has 33 heavy (non-hydrogen) atoms. The summed E-state index contributed by atoms with van der Waals surface area (Å²) in [7, 11) is 0. The molecule has 1 heteroatoms. The first kappa shape index (κ1) is 21.8. The Hall–Kier alpha value is -4.46. The van der Waals surface area contributed by atoms with Gasteiger partial charge in [-0.25, -0.2) is 0 Å². The molecule has 0 bridgehead atoms. The van der Waals surface area contributed by atoms with E-state index in [1.807, 2.05) is 24.3 Å². The summed E-state index contributed by atoms with van der Waals surface area (Å²) in [4.78, 5) is 2.28. The van der Waals surface area contributed by atoms with Gasteiger partial charge < -0.3 is 4.90 Å². The number of rotatable bonds is 5. The molecule has 0 aromatic heterocycles. The second kappa shape index (κ2) is 10.2. The molecule has 0 aliphatic heterocycles. The Balaban J connectivity index is 0.00000216. The highest BCUT2D eigenvalue weighted by Crippen LogP contribution is 2.34. The van der Waals surface area contributed by atoms with Crippen molar-refractivity contribution >= 4 is 29.2 Å². The summed E-state index contributed by atoms with van der Waals surface area (Å²) in [5.74, 6) is 7.91. The SMILES string of the molecule is C#CC#Cc1ccc(/C=C/c2ccc(N(c3ccc(C)cc3)c3ccc(C)cc3)cc2)cc1.[HH].[HH]. The van der Waals surface area contributed by atoms with Crippen molar-refractivity contribution in [3.05, 3.63) is 125 Å². The fraction of sp³-hybridized carbons (Fsp3) is 0.0625. The highest BCUT2D eigenvalue weighted by molar-refractivity contribution is 5.78. The lowest BCUT2D eigenvalue weighted by Gasteiger charge is -2.25. The average Bonchev–Trinajstić information content (AvgIpc) is 2.85. The summed E-state index contributed by atoms with van der Waals surface area (Å²) in [6, 6.07) is 33.9. The molecule has 0 saturated heterocycles. The highest BCUT2D eigenvalue weighted by Gasteiger charge is 2.12. The minimum atomic E-state index is 0. The Morgan fingerprint density at radius 1 is 0.606 bits per heavy atom. The molecule has 0 fully saturated rings. The molecule has 0 aliphatic rings. The molecule has 4 aromatic carbocycles. The summed E-state index contributed by atoms with van der Waals surface area (Å²) < 4.78 is 0. The zero-order valence-electron chi connectivity index (χ0n) is 18.9. The molecule has 4 rings (SSSR count). The van der Waals surface area contributed by atoms with Crippen molar-refractivity contribution in [1.29, 1.82) is 0 Å². The molecule has 0 atom stereocenters. The van der Waals surface area contributed by atoms with E-state index >= 15 is 0 Å². The quantitative estimate of drug-likeness (QED) is 0.228. The van der Waals surface area contributed by atoms with Crippen molar-refractivity contribution in [2.24, 2.45) is 0 Å². The Labute approximate surface area is 200 Å². The van der Waals surface area contributed by atoms with Gasteiger partial charge in [-0.2, -0.15) is 0 Å². The zero-order chi connectivity index (χ0) is 23.0. The summed E-state index contributed by atoms with van der Waals surface area (Å²) >= 11 is 0. The molecule has 0 spiro atoms. The molecule has 4 aromatic rings. The van der Waals surface area contributed by atoms with Gasteiger partial charge >= 0.3 is 0 Å². The van der Waals surface area contributed by atoms with Gasteiger partial charge in [0.05, 0.1) is 0 Å². The Morgan fingerprint density at radius 3 is 1.42 bits per heavy atom. The van der Waals surface area contributed by atoms with Crippen LogP contribution in [0.25, 0.3) is 12.2 Å². The fourth-order valence-corrected chi connectivity index (χ4v) is 3.55. The van der Waals surface area contributed by atoms with Crippen LogP contribution in [0.4, 0.5) is 17.1 Å². The van der Waals surface area contributed by atoms with Gasteiger partial charge in [0.2, 0.25) is 0 Å². The van der Waals surface area contributed by atoms with Crippen LogP contribution in [-0.2, 0) is 0 Å². The second-order valence-corrected chi connectivity index (χ2v) is 7.95. The number of hydrogen-bond acceptors (Lipinski definition) is 1. The minimum Gasteiger partial charge on any atom is -0.311 e.